The van der Waals surface area contributed by atoms with Crippen LogP contribution in [0.15, 0.2) is 40.5 Å². The number of ether oxygens (including phenoxy) is 1. The summed E-state index contributed by atoms with van der Waals surface area (Å²) in [6, 6.07) is 7.37. The Morgan fingerprint density at radius 1 is 1.24 bits per heavy atom. The average Bonchev–Trinajstić information content (AvgIpc) is 3.13. The van der Waals surface area contributed by atoms with Crippen LogP contribution in [0.2, 0.25) is 0 Å². The molecule has 7 nitrogen and oxygen atoms in total. The van der Waals surface area contributed by atoms with Gasteiger partial charge >= 0.3 is 0 Å². The van der Waals surface area contributed by atoms with Crippen LogP contribution < -0.4 is 15.7 Å². The predicted molar refractivity (Wildman–Crippen MR) is 116 cm³/mol. The van der Waals surface area contributed by atoms with E-state index in [2.05, 4.69) is 25.5 Å². The van der Waals surface area contributed by atoms with Crippen LogP contribution in [0, 0.1) is 0 Å². The minimum atomic E-state index is -0.211. The first-order valence-electron chi connectivity index (χ1n) is 9.48. The molecule has 0 unspecified atom stereocenters. The van der Waals surface area contributed by atoms with E-state index in [1.54, 1.807) is 36.9 Å². The number of H-pyrrole nitrogens is 1. The molecule has 0 amide bonds. The number of hydrogen-bond acceptors (Lipinski definition) is 7. The van der Waals surface area contributed by atoms with E-state index in [1.165, 1.54) is 29.5 Å². The Balaban J connectivity index is 1.46. The first-order chi connectivity index (χ1) is 14.2. The Morgan fingerprint density at radius 2 is 2.14 bits per heavy atom. The van der Waals surface area contributed by atoms with Crippen LogP contribution in [-0.4, -0.2) is 28.3 Å². The van der Waals surface area contributed by atoms with E-state index < -0.39 is 0 Å². The van der Waals surface area contributed by atoms with Crippen LogP contribution in [0.1, 0.15) is 28.8 Å². The second kappa shape index (κ2) is 7.29. The van der Waals surface area contributed by atoms with Gasteiger partial charge in [-0.3, -0.25) is 10.2 Å². The van der Waals surface area contributed by atoms with E-state index in [0.29, 0.717) is 17.1 Å². The zero-order valence-corrected chi connectivity index (χ0v) is 16.7. The molecule has 1 aromatic carbocycles. The normalized spacial score (nSPS) is 13.8. The van der Waals surface area contributed by atoms with Crippen LogP contribution in [0.4, 0.5) is 5.82 Å². The maximum absolute atomic E-state index is 12.4. The lowest BCUT2D eigenvalue weighted by Gasteiger charge is -2.11. The van der Waals surface area contributed by atoms with Gasteiger partial charge in [0.25, 0.3) is 5.56 Å². The van der Waals surface area contributed by atoms with Gasteiger partial charge in [0, 0.05) is 10.9 Å². The van der Waals surface area contributed by atoms with Gasteiger partial charge in [-0.15, -0.1) is 11.3 Å². The van der Waals surface area contributed by atoms with Crippen molar-refractivity contribution in [2.24, 2.45) is 5.10 Å². The van der Waals surface area contributed by atoms with Gasteiger partial charge in [-0.05, 0) is 54.8 Å². The van der Waals surface area contributed by atoms with Crippen molar-refractivity contribution in [1.82, 2.24) is 15.0 Å². The maximum Gasteiger partial charge on any atom is 0.257 e. The monoisotopic (exact) mass is 405 g/mol. The maximum atomic E-state index is 12.4. The Morgan fingerprint density at radius 3 is 3.03 bits per heavy atom. The number of fused-ring (bicyclic) bond motifs is 4. The number of aromatic amines is 1. The fourth-order valence-corrected chi connectivity index (χ4v) is 4.99. The van der Waals surface area contributed by atoms with E-state index >= 15 is 0 Å². The molecule has 4 aromatic rings. The molecule has 146 valence electrons. The van der Waals surface area contributed by atoms with Crippen molar-refractivity contribution < 1.29 is 4.74 Å². The summed E-state index contributed by atoms with van der Waals surface area (Å²) < 4.78 is 5.20. The largest absolute Gasteiger partial charge is 0.497 e. The highest BCUT2D eigenvalue weighted by atomic mass is 32.1. The Labute approximate surface area is 170 Å². The Bertz CT molecular complexity index is 1310. The SMILES string of the molecule is COc1ccc2cc(/C=N\Nc3ncnc4sc5c(c34)CCCC5)c(=O)[nH]c2c1. The minimum absolute atomic E-state index is 0.211. The van der Waals surface area contributed by atoms with Crippen LogP contribution in [0.25, 0.3) is 21.1 Å². The molecule has 0 saturated carbocycles. The molecule has 5 rings (SSSR count). The third kappa shape index (κ3) is 3.25. The van der Waals surface area contributed by atoms with Crippen molar-refractivity contribution in [2.75, 3.05) is 12.5 Å². The summed E-state index contributed by atoms with van der Waals surface area (Å²) in [7, 11) is 1.60. The summed E-state index contributed by atoms with van der Waals surface area (Å²) in [4.78, 5) is 26.5. The number of anilines is 1. The Hall–Kier alpha value is -3.26. The second-order valence-corrected chi connectivity index (χ2v) is 8.07. The third-order valence-corrected chi connectivity index (χ3v) is 6.41. The number of thiophene rings is 1. The molecular weight excluding hydrogens is 386 g/mol. The van der Waals surface area contributed by atoms with Gasteiger partial charge in [-0.2, -0.15) is 5.10 Å². The standard InChI is InChI=1S/C21H19N5O2S/c1-28-14-7-6-12-8-13(20(27)25-16(12)9-14)10-24-26-19-18-15-4-2-3-5-17(15)29-21(18)23-11-22-19/h6-11H,2-5H2,1H3,(H,25,27)(H,22,23,26)/b24-10-. The molecule has 29 heavy (non-hydrogen) atoms. The number of aromatic nitrogens is 3. The predicted octanol–water partition coefficient (Wildman–Crippen LogP) is 3.87. The van der Waals surface area contributed by atoms with Crippen molar-refractivity contribution >= 4 is 44.5 Å². The van der Waals surface area contributed by atoms with E-state index in [4.69, 9.17) is 4.74 Å². The van der Waals surface area contributed by atoms with E-state index in [9.17, 15) is 4.79 Å². The smallest absolute Gasteiger partial charge is 0.257 e. The van der Waals surface area contributed by atoms with Gasteiger partial charge in [0.2, 0.25) is 0 Å². The number of aryl methyl sites for hydroxylation is 2. The number of nitrogens with zero attached hydrogens (tertiary/aromatic N) is 3. The van der Waals surface area contributed by atoms with Crippen molar-refractivity contribution in [2.45, 2.75) is 25.7 Å². The molecule has 0 radical (unpaired) electrons. The average molecular weight is 405 g/mol. The van der Waals surface area contributed by atoms with Gasteiger partial charge in [0.15, 0.2) is 5.82 Å². The van der Waals surface area contributed by atoms with E-state index in [0.717, 1.165) is 34.0 Å². The van der Waals surface area contributed by atoms with Gasteiger partial charge < -0.3 is 9.72 Å². The highest BCUT2D eigenvalue weighted by Crippen LogP contribution is 2.38. The van der Waals surface area contributed by atoms with Crippen LogP contribution >= 0.6 is 11.3 Å². The molecule has 1 aliphatic rings. The molecule has 0 saturated heterocycles. The van der Waals surface area contributed by atoms with Gasteiger partial charge in [0.1, 0.15) is 16.9 Å². The zero-order chi connectivity index (χ0) is 19.8. The van der Waals surface area contributed by atoms with Crippen LogP contribution in [0.3, 0.4) is 0 Å². The van der Waals surface area contributed by atoms with Crippen molar-refractivity contribution in [1.29, 1.82) is 0 Å². The molecule has 8 heteroatoms. The summed E-state index contributed by atoms with van der Waals surface area (Å²) in [5.41, 5.74) is 5.34. The van der Waals surface area contributed by atoms with Gasteiger partial charge in [-0.1, -0.05) is 0 Å². The molecular formula is C21H19N5O2S. The number of benzene rings is 1. The van der Waals surface area contributed by atoms with E-state index in [-0.39, 0.29) is 5.56 Å². The lowest BCUT2D eigenvalue weighted by molar-refractivity contribution is 0.415. The molecule has 2 N–H and O–H groups in total. The third-order valence-electron chi connectivity index (χ3n) is 5.21. The lowest BCUT2D eigenvalue weighted by Crippen LogP contribution is -2.12. The summed E-state index contributed by atoms with van der Waals surface area (Å²) in [6.45, 7) is 0. The van der Waals surface area contributed by atoms with Gasteiger partial charge in [0.05, 0.1) is 29.8 Å². The fourth-order valence-electron chi connectivity index (χ4n) is 3.76. The number of nitrogens with one attached hydrogen (secondary N) is 2. The highest BCUT2D eigenvalue weighted by molar-refractivity contribution is 7.19. The summed E-state index contributed by atoms with van der Waals surface area (Å²) in [5, 5.41) is 6.25. The topological polar surface area (TPSA) is 92.3 Å². The number of pyridine rings is 1. The molecule has 3 aromatic heterocycles. The van der Waals surface area contributed by atoms with Crippen LogP contribution in [0.5, 0.6) is 5.75 Å². The molecule has 0 spiro atoms. The highest BCUT2D eigenvalue weighted by Gasteiger charge is 2.19. The molecule has 0 atom stereocenters. The van der Waals surface area contributed by atoms with Gasteiger partial charge in [-0.25, -0.2) is 9.97 Å². The first-order valence-corrected chi connectivity index (χ1v) is 10.3. The molecule has 3 heterocycles. The molecule has 1 aliphatic carbocycles. The molecule has 0 aliphatic heterocycles. The summed E-state index contributed by atoms with van der Waals surface area (Å²) in [5.74, 6) is 1.38. The van der Waals surface area contributed by atoms with E-state index in [1.807, 2.05) is 12.1 Å². The summed E-state index contributed by atoms with van der Waals surface area (Å²) >= 11 is 1.74. The minimum Gasteiger partial charge on any atom is -0.497 e. The van der Waals surface area contributed by atoms with Crippen LogP contribution in [-0.2, 0) is 12.8 Å². The lowest BCUT2D eigenvalue weighted by atomic mass is 9.97. The zero-order valence-electron chi connectivity index (χ0n) is 15.9. The number of hydrazone groups is 1. The fraction of sp³-hybridized carbons (Fsp3) is 0.238. The van der Waals surface area contributed by atoms with Crippen molar-refractivity contribution in [3.8, 4) is 5.75 Å². The van der Waals surface area contributed by atoms with Crippen molar-refractivity contribution in [3.05, 3.63) is 57.0 Å². The number of methoxy groups -OCH3 is 1. The summed E-state index contributed by atoms with van der Waals surface area (Å²) in [6.07, 6.45) is 7.65. The second-order valence-electron chi connectivity index (χ2n) is 6.99. The quantitative estimate of drug-likeness (QED) is 0.397. The number of hydrogen-bond donors (Lipinski definition) is 2. The Kier molecular flexibility index (Phi) is 4.48. The van der Waals surface area contributed by atoms with Crippen molar-refractivity contribution in [3.63, 3.8) is 0 Å². The molecule has 0 bridgehead atoms. The first kappa shape index (κ1) is 17.8. The molecule has 0 fully saturated rings. The number of rotatable bonds is 4.